The topological polar surface area (TPSA) is 159 Å². The second-order valence-electron chi connectivity index (χ2n) is 7.62. The van der Waals surface area contributed by atoms with Crippen LogP contribution in [0, 0.1) is 10.1 Å². The van der Waals surface area contributed by atoms with Gasteiger partial charge in [-0.3, -0.25) is 29.1 Å². The standard InChI is InChI=1S/C22H20ClN7O6/c1-28-11-13(9-25-28)8-24-22(32)20-17(10-26-29(20)2)27-21(31)18-6-4-15(36-18)12-35-19-7-14(30(33)34)3-5-16(19)23/h3-7,9-11H,8,12H2,1-2H3,(H,24,32)(H,27,31). The predicted molar refractivity (Wildman–Crippen MR) is 127 cm³/mol. The first-order valence-electron chi connectivity index (χ1n) is 10.5. The highest BCUT2D eigenvalue weighted by Crippen LogP contribution is 2.29. The lowest BCUT2D eigenvalue weighted by atomic mass is 10.3. The average Bonchev–Trinajstić information content (AvgIpc) is 3.57. The number of rotatable bonds is 9. The summed E-state index contributed by atoms with van der Waals surface area (Å²) in [6.07, 6.45) is 4.77. The number of carbonyl (C=O) groups is 2. The van der Waals surface area contributed by atoms with E-state index in [1.54, 1.807) is 31.2 Å². The first kappa shape index (κ1) is 24.5. The zero-order valence-corrected chi connectivity index (χ0v) is 19.9. The van der Waals surface area contributed by atoms with Crippen molar-refractivity contribution in [2.24, 2.45) is 14.1 Å². The molecule has 0 saturated heterocycles. The molecule has 0 aliphatic heterocycles. The maximum absolute atomic E-state index is 12.7. The molecule has 186 valence electrons. The lowest BCUT2D eigenvalue weighted by molar-refractivity contribution is -0.384. The number of nitrogens with one attached hydrogen (secondary N) is 2. The third-order valence-electron chi connectivity index (χ3n) is 4.99. The number of aryl methyl sites for hydroxylation is 2. The fourth-order valence-corrected chi connectivity index (χ4v) is 3.43. The molecular weight excluding hydrogens is 494 g/mol. The first-order chi connectivity index (χ1) is 17.2. The number of hydrogen-bond acceptors (Lipinski definition) is 8. The molecule has 0 atom stereocenters. The molecule has 0 bridgehead atoms. The van der Waals surface area contributed by atoms with Gasteiger partial charge in [0.05, 0.1) is 34.1 Å². The molecule has 4 rings (SSSR count). The molecule has 0 aliphatic carbocycles. The third-order valence-corrected chi connectivity index (χ3v) is 5.31. The normalized spacial score (nSPS) is 10.8. The number of aromatic nitrogens is 4. The smallest absolute Gasteiger partial charge is 0.291 e. The van der Waals surface area contributed by atoms with Crippen LogP contribution in [0.3, 0.4) is 0 Å². The highest BCUT2D eigenvalue weighted by Gasteiger charge is 2.21. The summed E-state index contributed by atoms with van der Waals surface area (Å²) in [5, 5.41) is 24.6. The number of non-ortho nitro benzene ring substituents is 1. The van der Waals surface area contributed by atoms with Crippen LogP contribution in [0.2, 0.25) is 5.02 Å². The van der Waals surface area contributed by atoms with E-state index in [1.165, 1.54) is 41.2 Å². The zero-order chi connectivity index (χ0) is 25.8. The lowest BCUT2D eigenvalue weighted by Gasteiger charge is -2.08. The van der Waals surface area contributed by atoms with Crippen LogP contribution >= 0.6 is 11.6 Å². The molecular formula is C22H20ClN7O6. The Bertz CT molecular complexity index is 1440. The molecule has 0 aliphatic rings. The van der Waals surface area contributed by atoms with E-state index in [0.717, 1.165) is 5.56 Å². The minimum absolute atomic E-state index is 0.0377. The van der Waals surface area contributed by atoms with Gasteiger partial charge in [-0.15, -0.1) is 0 Å². The summed E-state index contributed by atoms with van der Waals surface area (Å²) in [6, 6.07) is 6.76. The Hall–Kier alpha value is -4.65. The lowest BCUT2D eigenvalue weighted by Crippen LogP contribution is -2.26. The number of nitro groups is 1. The predicted octanol–water partition coefficient (Wildman–Crippen LogP) is 3.07. The van der Waals surface area contributed by atoms with Crippen molar-refractivity contribution in [3.63, 3.8) is 0 Å². The van der Waals surface area contributed by atoms with Crippen LogP contribution in [0.4, 0.5) is 11.4 Å². The maximum atomic E-state index is 12.7. The van der Waals surface area contributed by atoms with Crippen molar-refractivity contribution in [3.05, 3.63) is 86.8 Å². The van der Waals surface area contributed by atoms with Crippen LogP contribution in [0.25, 0.3) is 0 Å². The van der Waals surface area contributed by atoms with Crippen molar-refractivity contribution in [1.82, 2.24) is 24.9 Å². The number of nitro benzene ring substituents is 1. The number of halogens is 1. The van der Waals surface area contributed by atoms with Crippen LogP contribution in [0.5, 0.6) is 5.75 Å². The van der Waals surface area contributed by atoms with Gasteiger partial charge in [0.25, 0.3) is 17.5 Å². The van der Waals surface area contributed by atoms with E-state index >= 15 is 0 Å². The van der Waals surface area contributed by atoms with Crippen LogP contribution in [-0.4, -0.2) is 36.3 Å². The quantitative estimate of drug-likeness (QED) is 0.255. The van der Waals surface area contributed by atoms with E-state index in [0.29, 0.717) is 0 Å². The van der Waals surface area contributed by atoms with Gasteiger partial charge >= 0.3 is 0 Å². The number of nitrogens with zero attached hydrogens (tertiary/aromatic N) is 5. The summed E-state index contributed by atoms with van der Waals surface area (Å²) in [6.45, 7) is 0.129. The monoisotopic (exact) mass is 513 g/mol. The summed E-state index contributed by atoms with van der Waals surface area (Å²) >= 11 is 6.03. The Kier molecular flexibility index (Phi) is 7.01. The molecule has 1 aromatic carbocycles. The number of anilines is 1. The van der Waals surface area contributed by atoms with E-state index in [-0.39, 0.29) is 52.5 Å². The second-order valence-corrected chi connectivity index (χ2v) is 8.02. The molecule has 0 fully saturated rings. The summed E-state index contributed by atoms with van der Waals surface area (Å²) in [5.74, 6) is -0.696. The van der Waals surface area contributed by atoms with E-state index < -0.39 is 16.7 Å². The average molecular weight is 514 g/mol. The Morgan fingerprint density at radius 2 is 1.97 bits per heavy atom. The van der Waals surface area contributed by atoms with Gasteiger partial charge in [-0.25, -0.2) is 0 Å². The highest BCUT2D eigenvalue weighted by molar-refractivity contribution is 6.32. The van der Waals surface area contributed by atoms with E-state index in [9.17, 15) is 19.7 Å². The summed E-state index contributed by atoms with van der Waals surface area (Å²) in [4.78, 5) is 35.8. The van der Waals surface area contributed by atoms with Gasteiger partial charge in [0.2, 0.25) is 0 Å². The maximum Gasteiger partial charge on any atom is 0.291 e. The summed E-state index contributed by atoms with van der Waals surface area (Å²) < 4.78 is 14.0. The highest BCUT2D eigenvalue weighted by atomic mass is 35.5. The molecule has 2 N–H and O–H groups in total. The van der Waals surface area contributed by atoms with Gasteiger partial charge in [0.15, 0.2) is 5.76 Å². The molecule has 0 saturated carbocycles. The van der Waals surface area contributed by atoms with Gasteiger partial charge in [-0.2, -0.15) is 10.2 Å². The Labute approximate surface area is 208 Å². The molecule has 3 aromatic heterocycles. The van der Waals surface area contributed by atoms with Gasteiger partial charge in [-0.05, 0) is 18.2 Å². The minimum atomic E-state index is -0.607. The molecule has 36 heavy (non-hydrogen) atoms. The third kappa shape index (κ3) is 5.52. The number of benzene rings is 1. The summed E-state index contributed by atoms with van der Waals surface area (Å²) in [5.41, 5.74) is 0.993. The number of hydrogen-bond donors (Lipinski definition) is 2. The zero-order valence-electron chi connectivity index (χ0n) is 19.1. The fraction of sp³-hybridized carbons (Fsp3) is 0.182. The van der Waals surface area contributed by atoms with Crippen molar-refractivity contribution in [1.29, 1.82) is 0 Å². The van der Waals surface area contributed by atoms with Crippen LogP contribution in [-0.2, 0) is 27.2 Å². The minimum Gasteiger partial charge on any atom is -0.484 e. The van der Waals surface area contributed by atoms with Crippen LogP contribution in [0.1, 0.15) is 32.4 Å². The Morgan fingerprint density at radius 1 is 1.17 bits per heavy atom. The van der Waals surface area contributed by atoms with E-state index in [4.69, 9.17) is 20.8 Å². The fourth-order valence-electron chi connectivity index (χ4n) is 3.25. The number of carbonyl (C=O) groups excluding carboxylic acids is 2. The first-order valence-corrected chi connectivity index (χ1v) is 10.8. The van der Waals surface area contributed by atoms with Crippen molar-refractivity contribution in [3.8, 4) is 5.75 Å². The van der Waals surface area contributed by atoms with Crippen molar-refractivity contribution in [2.75, 3.05) is 5.32 Å². The van der Waals surface area contributed by atoms with Gasteiger partial charge in [-0.1, -0.05) is 11.6 Å². The molecule has 0 spiro atoms. The largest absolute Gasteiger partial charge is 0.484 e. The summed E-state index contributed by atoms with van der Waals surface area (Å²) in [7, 11) is 3.35. The number of ether oxygens (including phenoxy) is 1. The Balaban J connectivity index is 1.39. The molecule has 14 heteroatoms. The molecule has 2 amide bonds. The van der Waals surface area contributed by atoms with Crippen LogP contribution < -0.4 is 15.4 Å². The van der Waals surface area contributed by atoms with Crippen molar-refractivity contribution >= 4 is 34.8 Å². The second kappa shape index (κ2) is 10.3. The van der Waals surface area contributed by atoms with Gasteiger partial charge in [0.1, 0.15) is 23.8 Å². The molecule has 4 aromatic rings. The van der Waals surface area contributed by atoms with Crippen molar-refractivity contribution < 1.29 is 23.7 Å². The molecule has 3 heterocycles. The van der Waals surface area contributed by atoms with Crippen LogP contribution in [0.15, 0.2) is 53.3 Å². The van der Waals surface area contributed by atoms with E-state index in [1.807, 2.05) is 0 Å². The molecule has 13 nitrogen and oxygen atoms in total. The van der Waals surface area contributed by atoms with Crippen molar-refractivity contribution in [2.45, 2.75) is 13.2 Å². The number of amides is 2. The van der Waals surface area contributed by atoms with Gasteiger partial charge < -0.3 is 19.8 Å². The molecule has 0 unspecified atom stereocenters. The molecule has 0 radical (unpaired) electrons. The number of furan rings is 1. The Morgan fingerprint density at radius 3 is 2.69 bits per heavy atom. The van der Waals surface area contributed by atoms with E-state index in [2.05, 4.69) is 20.8 Å². The SMILES string of the molecule is Cn1cc(CNC(=O)c2c(NC(=O)c3ccc(COc4cc([N+](=O)[O-])ccc4Cl)o3)cnn2C)cn1. The van der Waals surface area contributed by atoms with Gasteiger partial charge in [0, 0.05) is 38.5 Å².